The molecule has 0 unspecified atom stereocenters. The molecule has 4 nitrogen and oxygen atoms in total. The Morgan fingerprint density at radius 2 is 2.15 bits per heavy atom. The Balaban J connectivity index is 2.30. The van der Waals surface area contributed by atoms with Gasteiger partial charge in [-0.15, -0.1) is 0 Å². The topological polar surface area (TPSA) is 54.3 Å². The third kappa shape index (κ3) is 3.36. The molecule has 0 atom stereocenters. The molecule has 0 saturated carbocycles. The summed E-state index contributed by atoms with van der Waals surface area (Å²) in [6, 6.07) is 9.31. The number of aliphatic hydroxyl groups excluding tert-OH is 1. The van der Waals surface area contributed by atoms with Gasteiger partial charge in [-0.25, -0.2) is 0 Å². The van der Waals surface area contributed by atoms with Gasteiger partial charge in [0.25, 0.3) is 5.56 Å². The highest BCUT2D eigenvalue weighted by molar-refractivity contribution is 9.10. The summed E-state index contributed by atoms with van der Waals surface area (Å²) in [5, 5.41) is 11.8. The van der Waals surface area contributed by atoms with Gasteiger partial charge in [0, 0.05) is 29.8 Å². The average Bonchev–Trinajstić information content (AvgIpc) is 2.43. The van der Waals surface area contributed by atoms with Gasteiger partial charge in [0.05, 0.1) is 12.3 Å². The van der Waals surface area contributed by atoms with Gasteiger partial charge in [0.1, 0.15) is 0 Å². The maximum atomic E-state index is 12.2. The van der Waals surface area contributed by atoms with Crippen molar-refractivity contribution in [1.82, 2.24) is 9.88 Å². The summed E-state index contributed by atoms with van der Waals surface area (Å²) in [6.07, 6.45) is 1.78. The maximum absolute atomic E-state index is 12.2. The summed E-state index contributed by atoms with van der Waals surface area (Å²) in [7, 11) is 0. The molecule has 106 valence electrons. The second kappa shape index (κ2) is 6.83. The van der Waals surface area contributed by atoms with E-state index in [0.717, 1.165) is 21.3 Å². The first-order valence-corrected chi connectivity index (χ1v) is 7.21. The Kier molecular flexibility index (Phi) is 5.11. The van der Waals surface area contributed by atoms with Crippen molar-refractivity contribution >= 4 is 15.9 Å². The number of pyridine rings is 1. The summed E-state index contributed by atoms with van der Waals surface area (Å²) in [5.74, 6) is 0. The van der Waals surface area contributed by atoms with E-state index in [1.807, 2.05) is 31.2 Å². The number of hydrogen-bond donors (Lipinski definition) is 2. The van der Waals surface area contributed by atoms with E-state index in [1.165, 1.54) is 0 Å². The number of hydrogen-bond acceptors (Lipinski definition) is 3. The summed E-state index contributed by atoms with van der Waals surface area (Å²) in [5.41, 5.74) is 2.75. The van der Waals surface area contributed by atoms with Crippen molar-refractivity contribution in [3.8, 4) is 5.69 Å². The van der Waals surface area contributed by atoms with Crippen LogP contribution in [-0.2, 0) is 6.54 Å². The number of nitrogens with zero attached hydrogens (tertiary/aromatic N) is 1. The molecule has 0 spiro atoms. The number of aliphatic hydroxyl groups is 1. The van der Waals surface area contributed by atoms with Gasteiger partial charge in [-0.2, -0.15) is 0 Å². The molecule has 5 heteroatoms. The molecule has 0 aliphatic carbocycles. The quantitative estimate of drug-likeness (QED) is 0.821. The van der Waals surface area contributed by atoms with Crippen LogP contribution in [0.25, 0.3) is 5.69 Å². The molecule has 0 aliphatic rings. The van der Waals surface area contributed by atoms with E-state index in [9.17, 15) is 4.79 Å². The van der Waals surface area contributed by atoms with E-state index >= 15 is 0 Å². The lowest BCUT2D eigenvalue weighted by Crippen LogP contribution is -2.22. The van der Waals surface area contributed by atoms with Crippen LogP contribution in [0.3, 0.4) is 0 Å². The Morgan fingerprint density at radius 1 is 1.35 bits per heavy atom. The van der Waals surface area contributed by atoms with Crippen molar-refractivity contribution in [3.63, 3.8) is 0 Å². The highest BCUT2D eigenvalue weighted by Crippen LogP contribution is 2.21. The zero-order chi connectivity index (χ0) is 14.5. The average molecular weight is 337 g/mol. The van der Waals surface area contributed by atoms with Gasteiger partial charge >= 0.3 is 0 Å². The molecule has 2 rings (SSSR count). The first kappa shape index (κ1) is 15.0. The molecule has 0 fully saturated rings. The molecule has 1 aromatic heterocycles. The number of nitrogens with one attached hydrogen (secondary N) is 1. The molecule has 0 radical (unpaired) electrons. The predicted octanol–water partition coefficient (Wildman–Crippen LogP) is 1.99. The third-order valence-electron chi connectivity index (χ3n) is 3.10. The molecule has 20 heavy (non-hydrogen) atoms. The standard InChI is InChI=1S/C15H17BrN2O2/c1-11-13(16)3-2-4-14(11)18-7-5-12(9-15(18)20)10-17-6-8-19/h2-5,7,9,17,19H,6,8,10H2,1H3. The second-order valence-corrected chi connectivity index (χ2v) is 5.38. The lowest BCUT2D eigenvalue weighted by atomic mass is 10.2. The monoisotopic (exact) mass is 336 g/mol. The minimum absolute atomic E-state index is 0.0606. The van der Waals surface area contributed by atoms with E-state index < -0.39 is 0 Å². The van der Waals surface area contributed by atoms with Crippen LogP contribution in [-0.4, -0.2) is 22.8 Å². The molecule has 0 aliphatic heterocycles. The normalized spacial score (nSPS) is 10.8. The van der Waals surface area contributed by atoms with Crippen LogP contribution in [0.4, 0.5) is 0 Å². The van der Waals surface area contributed by atoms with Crippen molar-refractivity contribution in [2.24, 2.45) is 0 Å². The Labute approximate surface area is 126 Å². The van der Waals surface area contributed by atoms with Gasteiger partial charge in [-0.05, 0) is 36.2 Å². The third-order valence-corrected chi connectivity index (χ3v) is 3.96. The van der Waals surface area contributed by atoms with E-state index in [-0.39, 0.29) is 12.2 Å². The van der Waals surface area contributed by atoms with Crippen molar-refractivity contribution in [2.45, 2.75) is 13.5 Å². The first-order valence-electron chi connectivity index (χ1n) is 6.42. The van der Waals surface area contributed by atoms with Crippen molar-refractivity contribution in [3.05, 3.63) is 62.5 Å². The lowest BCUT2D eigenvalue weighted by Gasteiger charge is -2.11. The van der Waals surface area contributed by atoms with Gasteiger partial charge in [-0.3, -0.25) is 9.36 Å². The second-order valence-electron chi connectivity index (χ2n) is 4.53. The van der Waals surface area contributed by atoms with Crippen molar-refractivity contribution in [1.29, 1.82) is 0 Å². The fraction of sp³-hybridized carbons (Fsp3) is 0.267. The molecule has 0 bridgehead atoms. The van der Waals surface area contributed by atoms with Crippen molar-refractivity contribution < 1.29 is 5.11 Å². The molecule has 1 heterocycles. The number of benzene rings is 1. The molecule has 2 N–H and O–H groups in total. The molecule has 0 saturated heterocycles. The number of aromatic nitrogens is 1. The van der Waals surface area contributed by atoms with E-state index in [2.05, 4.69) is 21.2 Å². The smallest absolute Gasteiger partial charge is 0.255 e. The molecular formula is C15H17BrN2O2. The molecule has 2 aromatic rings. The summed E-state index contributed by atoms with van der Waals surface area (Å²) < 4.78 is 2.62. The Morgan fingerprint density at radius 3 is 2.85 bits per heavy atom. The number of rotatable bonds is 5. The van der Waals surface area contributed by atoms with Crippen LogP contribution in [0, 0.1) is 6.92 Å². The molecule has 0 amide bonds. The highest BCUT2D eigenvalue weighted by Gasteiger charge is 2.06. The largest absolute Gasteiger partial charge is 0.395 e. The highest BCUT2D eigenvalue weighted by atomic mass is 79.9. The van der Waals surface area contributed by atoms with Gasteiger partial charge < -0.3 is 10.4 Å². The zero-order valence-corrected chi connectivity index (χ0v) is 12.9. The van der Waals surface area contributed by atoms with E-state index in [4.69, 9.17) is 5.11 Å². The first-order chi connectivity index (χ1) is 9.63. The van der Waals surface area contributed by atoms with E-state index in [1.54, 1.807) is 16.8 Å². The van der Waals surface area contributed by atoms with Crippen LogP contribution in [0.15, 0.2) is 45.8 Å². The Bertz CT molecular complexity index is 653. The van der Waals surface area contributed by atoms with Crippen LogP contribution in [0.2, 0.25) is 0 Å². The summed E-state index contributed by atoms with van der Waals surface area (Å²) in [4.78, 5) is 12.2. The van der Waals surface area contributed by atoms with Crippen LogP contribution in [0.1, 0.15) is 11.1 Å². The molecule has 1 aromatic carbocycles. The van der Waals surface area contributed by atoms with Crippen molar-refractivity contribution in [2.75, 3.05) is 13.2 Å². The maximum Gasteiger partial charge on any atom is 0.255 e. The Hall–Kier alpha value is -1.43. The minimum atomic E-state index is -0.0606. The lowest BCUT2D eigenvalue weighted by molar-refractivity contribution is 0.292. The summed E-state index contributed by atoms with van der Waals surface area (Å²) in [6.45, 7) is 3.17. The van der Waals surface area contributed by atoms with Crippen LogP contribution >= 0.6 is 15.9 Å². The van der Waals surface area contributed by atoms with E-state index in [0.29, 0.717) is 13.1 Å². The van der Waals surface area contributed by atoms with Gasteiger partial charge in [-0.1, -0.05) is 22.0 Å². The zero-order valence-electron chi connectivity index (χ0n) is 11.3. The minimum Gasteiger partial charge on any atom is -0.395 e. The van der Waals surface area contributed by atoms with Gasteiger partial charge in [0.2, 0.25) is 0 Å². The fourth-order valence-electron chi connectivity index (χ4n) is 2.00. The fourth-order valence-corrected chi connectivity index (χ4v) is 2.35. The van der Waals surface area contributed by atoms with Crippen LogP contribution < -0.4 is 10.9 Å². The number of halogens is 1. The van der Waals surface area contributed by atoms with Gasteiger partial charge in [0.15, 0.2) is 0 Å². The SMILES string of the molecule is Cc1c(Br)cccc1-n1ccc(CNCCO)cc1=O. The predicted molar refractivity (Wildman–Crippen MR) is 83.3 cm³/mol. The molecular weight excluding hydrogens is 320 g/mol. The van der Waals surface area contributed by atoms with Crippen LogP contribution in [0.5, 0.6) is 0 Å². The summed E-state index contributed by atoms with van der Waals surface area (Å²) >= 11 is 3.48.